The number of ether oxygens (including phenoxy) is 3. The first-order valence-electron chi connectivity index (χ1n) is 7.27. The van der Waals surface area contributed by atoms with E-state index in [-0.39, 0.29) is 38.9 Å². The largest absolute Gasteiger partial charge is 0.480 e. The maximum atomic E-state index is 9.92. The van der Waals surface area contributed by atoms with Crippen molar-refractivity contribution in [1.82, 2.24) is 0 Å². The summed E-state index contributed by atoms with van der Waals surface area (Å²) in [6, 6.07) is 0. The number of aliphatic hydroxyl groups excluding tert-OH is 3. The Morgan fingerprint density at radius 3 is 1.65 bits per heavy atom. The third-order valence-electron chi connectivity index (χ3n) is 1.40. The summed E-state index contributed by atoms with van der Waals surface area (Å²) in [5, 5.41) is 31.8. The number of carbonyl (C=O) groups is 2. The molecule has 0 bridgehead atoms. The van der Waals surface area contributed by atoms with Crippen molar-refractivity contribution in [2.45, 2.75) is 0 Å². The van der Waals surface area contributed by atoms with Gasteiger partial charge in [-0.2, -0.15) is 0 Å². The normalized spacial score (nSPS) is 10.3. The summed E-state index contributed by atoms with van der Waals surface area (Å²) in [5.41, 5.74) is 0. The van der Waals surface area contributed by atoms with Crippen molar-refractivity contribution in [2.75, 3.05) is 65.3 Å². The molecular weight excluding hydrogens is 340 g/mol. The van der Waals surface area contributed by atoms with E-state index in [1.54, 1.807) is 0 Å². The Labute approximate surface area is 142 Å². The first-order chi connectivity index (χ1) is 12.0. The zero-order valence-electron chi connectivity index (χ0n) is 14.6. The van der Waals surface area contributed by atoms with Gasteiger partial charge < -0.3 is 39.7 Å². The van der Waals surface area contributed by atoms with E-state index in [4.69, 9.17) is 39.3 Å². The van der Waals surface area contributed by atoms with Crippen LogP contribution < -0.4 is 0 Å². The van der Waals surface area contributed by atoms with E-state index in [0.717, 1.165) is 0 Å². The SMILES string of the molecule is O=C(O)CCl.[3H]OCCOCCO.[3H]OCCOCCOCC(=O)O. The third kappa shape index (κ3) is 44.9. The minimum atomic E-state index is -0.996. The maximum Gasteiger partial charge on any atom is 0.329 e. The van der Waals surface area contributed by atoms with Crippen LogP contribution in [-0.4, -0.2) is 106 Å². The number of rotatable bonds is 14. The maximum absolute atomic E-state index is 9.92. The third-order valence-corrected chi connectivity index (χ3v) is 1.63. The Bertz CT molecular complexity index is 281. The van der Waals surface area contributed by atoms with Gasteiger partial charge in [0.25, 0.3) is 0 Å². The van der Waals surface area contributed by atoms with E-state index in [9.17, 15) is 9.59 Å². The van der Waals surface area contributed by atoms with E-state index >= 15 is 0 Å². The number of carboxylic acids is 2. The number of aliphatic carboxylic acids is 2. The van der Waals surface area contributed by atoms with Crippen LogP contribution in [0.4, 0.5) is 0 Å². The van der Waals surface area contributed by atoms with Gasteiger partial charge in [0.1, 0.15) is 12.5 Å². The van der Waals surface area contributed by atoms with Crippen LogP contribution >= 0.6 is 11.6 Å². The van der Waals surface area contributed by atoms with Gasteiger partial charge in [0.2, 0.25) is 2.86 Å². The highest BCUT2D eigenvalue weighted by molar-refractivity contribution is 6.26. The average molecular weight is 369 g/mol. The van der Waals surface area contributed by atoms with E-state index in [1.807, 2.05) is 0 Å². The van der Waals surface area contributed by atoms with Crippen LogP contribution in [-0.2, 0) is 23.8 Å². The molecule has 0 aliphatic heterocycles. The summed E-state index contributed by atoms with van der Waals surface area (Å²) in [7, 11) is 0. The molecule has 0 aliphatic carbocycles. The van der Waals surface area contributed by atoms with Crippen LogP contribution in [0.3, 0.4) is 0 Å². The summed E-state index contributed by atoms with van der Waals surface area (Å²) in [4.78, 5) is 19.2. The fourth-order valence-corrected chi connectivity index (χ4v) is 0.664. The van der Waals surface area contributed by atoms with Gasteiger partial charge in [-0.05, 0) is 0 Å². The summed E-state index contributed by atoms with van der Waals surface area (Å²) in [6.45, 7) is 1.77. The fraction of sp³-hybridized carbons (Fsp3) is 0.833. The number of hydrogen-bond acceptors (Lipinski definition) is 8. The van der Waals surface area contributed by atoms with Gasteiger partial charge in [-0.1, -0.05) is 0 Å². The van der Waals surface area contributed by atoms with Crippen LogP contribution in [0.5, 0.6) is 0 Å². The number of hydrogen-bond donors (Lipinski definition) is 5. The lowest BCUT2D eigenvalue weighted by Gasteiger charge is -2.01. The molecule has 23 heavy (non-hydrogen) atoms. The van der Waals surface area contributed by atoms with Gasteiger partial charge in [0.05, 0.1) is 52.9 Å². The van der Waals surface area contributed by atoms with Gasteiger partial charge in [0.15, 0.2) is 0 Å². The zero-order valence-corrected chi connectivity index (χ0v) is 13.4. The Kier molecular flexibility index (Phi) is 24.8. The molecule has 0 aliphatic rings. The molecule has 140 valence electrons. The Hall–Kier alpha value is -1.01. The van der Waals surface area contributed by atoms with Crippen LogP contribution in [0, 0.1) is 0 Å². The van der Waals surface area contributed by atoms with Gasteiger partial charge in [0, 0.05) is 0 Å². The van der Waals surface area contributed by atoms with Crippen LogP contribution in [0.1, 0.15) is 0 Å². The number of aliphatic hydroxyl groups is 3. The second-order valence-corrected chi connectivity index (χ2v) is 3.60. The molecule has 0 radical (unpaired) electrons. The van der Waals surface area contributed by atoms with E-state index in [0.29, 0.717) is 26.4 Å². The van der Waals surface area contributed by atoms with E-state index in [2.05, 4.69) is 15.0 Å². The minimum Gasteiger partial charge on any atom is -0.480 e. The zero-order chi connectivity index (χ0) is 19.8. The summed E-state index contributed by atoms with van der Waals surface area (Å²) in [5.74, 6) is -2.28. The summed E-state index contributed by atoms with van der Waals surface area (Å²) >= 11 is 4.74. The second-order valence-electron chi connectivity index (χ2n) is 3.33. The fourth-order valence-electron chi connectivity index (χ4n) is 0.664. The molecule has 0 rings (SSSR count). The van der Waals surface area contributed by atoms with Crippen LogP contribution in [0.25, 0.3) is 0 Å². The first-order valence-corrected chi connectivity index (χ1v) is 6.99. The summed E-state index contributed by atoms with van der Waals surface area (Å²) < 4.78 is 26.8. The predicted molar refractivity (Wildman–Crippen MR) is 79.7 cm³/mol. The first kappa shape index (κ1) is 22.0. The Morgan fingerprint density at radius 1 is 0.826 bits per heavy atom. The quantitative estimate of drug-likeness (QED) is 0.178. The molecule has 0 unspecified atom stereocenters. The molecule has 5 N–H and O–H groups in total. The molecule has 0 atom stereocenters. The lowest BCUT2D eigenvalue weighted by atomic mass is 10.7. The van der Waals surface area contributed by atoms with Crippen molar-refractivity contribution in [3.8, 4) is 0 Å². The smallest absolute Gasteiger partial charge is 0.329 e. The standard InChI is InChI=1S/C6H12O5.C4H10O3.C2H3ClO2/c7-1-2-10-3-4-11-5-6(8)9;5-1-3-7-4-2-6;3-1-2(4)5/h7H,1-5H2,(H,8,9);5-6H,1-4H2;1H2,(H,4,5)/i7T;5T;. The molecule has 0 saturated heterocycles. The molecule has 0 amide bonds. The average Bonchev–Trinajstić information content (AvgIpc) is 2.59. The van der Waals surface area contributed by atoms with Crippen molar-refractivity contribution >= 4 is 23.5 Å². The van der Waals surface area contributed by atoms with Crippen LogP contribution in [0.2, 0.25) is 0 Å². The molecule has 0 aromatic carbocycles. The van der Waals surface area contributed by atoms with Crippen molar-refractivity contribution in [3.05, 3.63) is 0 Å². The Balaban J connectivity index is -0.000000321. The highest BCUT2D eigenvalue weighted by Gasteiger charge is 1.94. The lowest BCUT2D eigenvalue weighted by Crippen LogP contribution is -2.12. The molecule has 0 spiro atoms. The van der Waals surface area contributed by atoms with Crippen molar-refractivity contribution < 1.29 is 49.3 Å². The number of halogens is 1. The molecule has 0 heterocycles. The molecule has 0 aromatic heterocycles. The molecular formula is C12H25ClO10. The number of carboxylic acid groups (broad SMARTS) is 2. The van der Waals surface area contributed by atoms with E-state index < -0.39 is 11.9 Å². The van der Waals surface area contributed by atoms with Gasteiger partial charge >= 0.3 is 11.9 Å². The summed E-state index contributed by atoms with van der Waals surface area (Å²) in [6.07, 6.45) is 0. The predicted octanol–water partition coefficient (Wildman–Crippen LogP) is -1.61. The minimum absolute atomic E-state index is 0.0258. The van der Waals surface area contributed by atoms with E-state index in [1.165, 1.54) is 0 Å². The molecule has 0 fully saturated rings. The van der Waals surface area contributed by atoms with Crippen molar-refractivity contribution in [2.24, 2.45) is 0 Å². The van der Waals surface area contributed by atoms with Crippen molar-refractivity contribution in [1.29, 1.82) is 2.86 Å². The topological polar surface area (TPSA) is 163 Å². The highest BCUT2D eigenvalue weighted by Crippen LogP contribution is 1.77. The molecule has 0 aromatic rings. The second kappa shape index (κ2) is 25.9. The van der Waals surface area contributed by atoms with Gasteiger partial charge in [-0.15, -0.1) is 11.6 Å². The monoisotopic (exact) mass is 368 g/mol. The van der Waals surface area contributed by atoms with Crippen molar-refractivity contribution in [3.63, 3.8) is 0 Å². The molecule has 0 saturated carbocycles. The van der Waals surface area contributed by atoms with Gasteiger partial charge in [-0.25, -0.2) is 4.79 Å². The highest BCUT2D eigenvalue weighted by atomic mass is 35.5. The number of alkyl halides is 1. The Morgan fingerprint density at radius 2 is 1.26 bits per heavy atom. The van der Waals surface area contributed by atoms with Crippen LogP contribution in [0.15, 0.2) is 0 Å². The lowest BCUT2D eigenvalue weighted by molar-refractivity contribution is -0.142. The van der Waals surface area contributed by atoms with Gasteiger partial charge in [-0.3, -0.25) is 4.79 Å². The molecule has 11 heteroatoms. The molecule has 10 nitrogen and oxygen atoms in total.